The van der Waals surface area contributed by atoms with Crippen molar-refractivity contribution in [1.82, 2.24) is 10.3 Å². The molecule has 0 aliphatic carbocycles. The predicted molar refractivity (Wildman–Crippen MR) is 68.2 cm³/mol. The second kappa shape index (κ2) is 4.34. The molecule has 3 heteroatoms. The molecule has 2 aromatic rings. The van der Waals surface area contributed by atoms with Crippen LogP contribution in [0.1, 0.15) is 18.9 Å². The lowest BCUT2D eigenvalue weighted by Crippen LogP contribution is -2.27. The highest BCUT2D eigenvalue weighted by Gasteiger charge is 2.18. The predicted octanol–water partition coefficient (Wildman–Crippen LogP) is 2.50. The van der Waals surface area contributed by atoms with Crippen molar-refractivity contribution < 1.29 is 4.74 Å². The Balaban J connectivity index is 2.16. The standard InChI is InChI=1S/C14H16N2O/c1-2-11-9-15-7-10-8-16-13-6-4-3-5-12(13)14(10)17-11/h3-6,8,11,15H,2,7,9H2,1H3/t11-/m1/s1. The average molecular weight is 228 g/mol. The molecule has 0 unspecified atom stereocenters. The number of nitrogens with one attached hydrogen (secondary N) is 1. The molecular formula is C14H16N2O. The summed E-state index contributed by atoms with van der Waals surface area (Å²) >= 11 is 0. The SMILES string of the molecule is CC[C@@H]1CNCc2cnc3ccccc3c2O1. The van der Waals surface area contributed by atoms with E-state index >= 15 is 0 Å². The van der Waals surface area contributed by atoms with Gasteiger partial charge in [0.25, 0.3) is 0 Å². The Kier molecular flexibility index (Phi) is 2.69. The first kappa shape index (κ1) is 10.5. The molecule has 2 heterocycles. The van der Waals surface area contributed by atoms with Gasteiger partial charge in [-0.05, 0) is 18.6 Å². The summed E-state index contributed by atoms with van der Waals surface area (Å²) in [5, 5.41) is 4.52. The van der Waals surface area contributed by atoms with Crippen molar-refractivity contribution in [3.8, 4) is 5.75 Å². The Morgan fingerprint density at radius 1 is 1.41 bits per heavy atom. The lowest BCUT2D eigenvalue weighted by molar-refractivity contribution is 0.204. The van der Waals surface area contributed by atoms with Crippen LogP contribution in [0.15, 0.2) is 30.5 Å². The number of hydrogen-bond acceptors (Lipinski definition) is 3. The van der Waals surface area contributed by atoms with E-state index in [1.165, 1.54) is 0 Å². The van der Waals surface area contributed by atoms with Gasteiger partial charge in [0, 0.05) is 30.2 Å². The molecule has 1 atom stereocenters. The van der Waals surface area contributed by atoms with Gasteiger partial charge in [0.15, 0.2) is 0 Å². The number of nitrogens with zero attached hydrogens (tertiary/aromatic N) is 1. The third kappa shape index (κ3) is 1.87. The summed E-state index contributed by atoms with van der Waals surface area (Å²) in [6.07, 6.45) is 3.19. The van der Waals surface area contributed by atoms with Gasteiger partial charge in [0.1, 0.15) is 11.9 Å². The van der Waals surface area contributed by atoms with Crippen molar-refractivity contribution in [2.75, 3.05) is 6.54 Å². The van der Waals surface area contributed by atoms with E-state index in [0.717, 1.165) is 41.7 Å². The lowest BCUT2D eigenvalue weighted by Gasteiger charge is -2.16. The molecule has 1 aromatic carbocycles. The molecule has 0 fully saturated rings. The molecule has 1 aromatic heterocycles. The highest BCUT2D eigenvalue weighted by molar-refractivity contribution is 5.86. The van der Waals surface area contributed by atoms with Gasteiger partial charge in [0.2, 0.25) is 0 Å². The molecule has 1 aliphatic heterocycles. The van der Waals surface area contributed by atoms with Gasteiger partial charge >= 0.3 is 0 Å². The van der Waals surface area contributed by atoms with E-state index in [9.17, 15) is 0 Å². The summed E-state index contributed by atoms with van der Waals surface area (Å²) in [5.74, 6) is 1.01. The average Bonchev–Trinajstić information content (AvgIpc) is 2.60. The topological polar surface area (TPSA) is 34.2 Å². The minimum Gasteiger partial charge on any atom is -0.488 e. The van der Waals surface area contributed by atoms with E-state index in [1.807, 2.05) is 24.4 Å². The molecule has 1 N–H and O–H groups in total. The van der Waals surface area contributed by atoms with Gasteiger partial charge in [-0.15, -0.1) is 0 Å². The quantitative estimate of drug-likeness (QED) is 0.814. The van der Waals surface area contributed by atoms with Crippen LogP contribution in [-0.4, -0.2) is 17.6 Å². The van der Waals surface area contributed by atoms with Crippen LogP contribution in [-0.2, 0) is 6.54 Å². The largest absolute Gasteiger partial charge is 0.488 e. The molecule has 1 aliphatic rings. The zero-order valence-electron chi connectivity index (χ0n) is 9.94. The number of pyridine rings is 1. The van der Waals surface area contributed by atoms with Crippen molar-refractivity contribution in [3.05, 3.63) is 36.0 Å². The van der Waals surface area contributed by atoms with E-state index in [1.54, 1.807) is 0 Å². The number of fused-ring (bicyclic) bond motifs is 3. The molecule has 0 amide bonds. The molecule has 0 radical (unpaired) electrons. The summed E-state index contributed by atoms with van der Waals surface area (Å²) < 4.78 is 6.12. The third-order valence-corrected chi connectivity index (χ3v) is 3.23. The number of hydrogen-bond donors (Lipinski definition) is 1. The Labute approximate surface area is 101 Å². The van der Waals surface area contributed by atoms with E-state index in [4.69, 9.17) is 4.74 Å². The molecule has 88 valence electrons. The van der Waals surface area contributed by atoms with E-state index in [0.29, 0.717) is 0 Å². The van der Waals surface area contributed by atoms with Crippen molar-refractivity contribution in [1.29, 1.82) is 0 Å². The fraction of sp³-hybridized carbons (Fsp3) is 0.357. The molecule has 17 heavy (non-hydrogen) atoms. The Bertz CT molecular complexity index is 539. The molecule has 0 bridgehead atoms. The second-order valence-corrected chi connectivity index (χ2v) is 4.41. The van der Waals surface area contributed by atoms with Crippen LogP contribution in [0.2, 0.25) is 0 Å². The van der Waals surface area contributed by atoms with Gasteiger partial charge in [-0.3, -0.25) is 4.98 Å². The maximum absolute atomic E-state index is 6.12. The highest BCUT2D eigenvalue weighted by Crippen LogP contribution is 2.30. The number of para-hydroxylation sites is 1. The first-order valence-electron chi connectivity index (χ1n) is 6.12. The first-order chi connectivity index (χ1) is 8.38. The summed E-state index contributed by atoms with van der Waals surface area (Å²) in [6.45, 7) is 3.89. The molecule has 0 saturated carbocycles. The Morgan fingerprint density at radius 3 is 3.18 bits per heavy atom. The van der Waals surface area contributed by atoms with Crippen molar-refractivity contribution in [2.24, 2.45) is 0 Å². The summed E-state index contributed by atoms with van der Waals surface area (Å²) in [4.78, 5) is 4.47. The maximum atomic E-state index is 6.12. The van der Waals surface area contributed by atoms with Crippen LogP contribution in [0.4, 0.5) is 0 Å². The van der Waals surface area contributed by atoms with Crippen LogP contribution in [0, 0.1) is 0 Å². The Morgan fingerprint density at radius 2 is 2.29 bits per heavy atom. The van der Waals surface area contributed by atoms with Crippen molar-refractivity contribution in [3.63, 3.8) is 0 Å². The van der Waals surface area contributed by atoms with Crippen molar-refractivity contribution >= 4 is 10.9 Å². The molecule has 0 saturated heterocycles. The summed E-state index contributed by atoms with van der Waals surface area (Å²) in [6, 6.07) is 8.15. The van der Waals surface area contributed by atoms with Gasteiger partial charge in [-0.25, -0.2) is 0 Å². The van der Waals surface area contributed by atoms with E-state index in [-0.39, 0.29) is 6.10 Å². The molecule has 3 rings (SSSR count). The van der Waals surface area contributed by atoms with Crippen LogP contribution in [0.5, 0.6) is 5.75 Å². The monoisotopic (exact) mass is 228 g/mol. The lowest BCUT2D eigenvalue weighted by atomic mass is 10.1. The van der Waals surface area contributed by atoms with Crippen LogP contribution >= 0.6 is 0 Å². The summed E-state index contributed by atoms with van der Waals surface area (Å²) in [7, 11) is 0. The number of aromatic nitrogens is 1. The highest BCUT2D eigenvalue weighted by atomic mass is 16.5. The minimum absolute atomic E-state index is 0.252. The number of benzene rings is 1. The zero-order chi connectivity index (χ0) is 11.7. The summed E-state index contributed by atoms with van der Waals surface area (Å²) in [5.41, 5.74) is 2.16. The molecular weight excluding hydrogens is 212 g/mol. The smallest absolute Gasteiger partial charge is 0.135 e. The van der Waals surface area contributed by atoms with Crippen LogP contribution < -0.4 is 10.1 Å². The number of rotatable bonds is 1. The second-order valence-electron chi connectivity index (χ2n) is 4.41. The molecule has 3 nitrogen and oxygen atoms in total. The minimum atomic E-state index is 0.252. The van der Waals surface area contributed by atoms with Crippen molar-refractivity contribution in [2.45, 2.75) is 26.0 Å². The number of ether oxygens (including phenoxy) is 1. The Hall–Kier alpha value is -1.61. The van der Waals surface area contributed by atoms with Gasteiger partial charge < -0.3 is 10.1 Å². The zero-order valence-corrected chi connectivity index (χ0v) is 9.94. The van der Waals surface area contributed by atoms with Gasteiger partial charge in [0.05, 0.1) is 5.52 Å². The maximum Gasteiger partial charge on any atom is 0.135 e. The van der Waals surface area contributed by atoms with Crippen LogP contribution in [0.3, 0.4) is 0 Å². The van der Waals surface area contributed by atoms with Gasteiger partial charge in [-0.2, -0.15) is 0 Å². The first-order valence-corrected chi connectivity index (χ1v) is 6.12. The fourth-order valence-corrected chi connectivity index (χ4v) is 2.23. The van der Waals surface area contributed by atoms with Gasteiger partial charge in [-0.1, -0.05) is 19.1 Å². The fourth-order valence-electron chi connectivity index (χ4n) is 2.23. The molecule has 0 spiro atoms. The normalized spacial score (nSPS) is 19.5. The van der Waals surface area contributed by atoms with E-state index in [2.05, 4.69) is 23.3 Å². The third-order valence-electron chi connectivity index (χ3n) is 3.23. The van der Waals surface area contributed by atoms with E-state index < -0.39 is 0 Å². The van der Waals surface area contributed by atoms with Crippen LogP contribution in [0.25, 0.3) is 10.9 Å².